The van der Waals surface area contributed by atoms with Crippen molar-refractivity contribution in [2.24, 2.45) is 0 Å². The molecule has 6 heteroatoms. The van der Waals surface area contributed by atoms with E-state index in [0.29, 0.717) is 11.3 Å². The summed E-state index contributed by atoms with van der Waals surface area (Å²) in [5.41, 5.74) is 0.460. The first kappa shape index (κ1) is 16.4. The molecule has 1 amide bonds. The minimum Gasteiger partial charge on any atom is -0.349 e. The lowest BCUT2D eigenvalue weighted by Gasteiger charge is -2.22. The topological polar surface area (TPSA) is 54.0 Å². The number of aromatic nitrogens is 1. The molecule has 1 fully saturated rings. The molecule has 3 rings (SSSR count). The Bertz CT molecular complexity index is 710. The first-order valence-corrected chi connectivity index (χ1v) is 8.10. The maximum atomic E-state index is 13.7. The highest BCUT2D eigenvalue weighted by atomic mass is 19.1. The molecule has 2 N–H and O–H groups in total. The SMILES string of the molecule is O=C(NC1CCCCC1)c1cncc(Nc2c(F)cccc2F)c1. The van der Waals surface area contributed by atoms with E-state index in [1.54, 1.807) is 0 Å². The van der Waals surface area contributed by atoms with Gasteiger partial charge in [0.2, 0.25) is 0 Å². The number of pyridine rings is 1. The van der Waals surface area contributed by atoms with Crippen LogP contribution in [0.1, 0.15) is 42.5 Å². The summed E-state index contributed by atoms with van der Waals surface area (Å²) in [5, 5.41) is 5.64. The minimum absolute atomic E-state index is 0.187. The summed E-state index contributed by atoms with van der Waals surface area (Å²) in [4.78, 5) is 16.3. The van der Waals surface area contributed by atoms with E-state index < -0.39 is 11.6 Å². The lowest BCUT2D eigenvalue weighted by atomic mass is 9.95. The van der Waals surface area contributed by atoms with Crippen molar-refractivity contribution in [1.82, 2.24) is 10.3 Å². The highest BCUT2D eigenvalue weighted by Crippen LogP contribution is 2.23. The molecule has 1 aromatic carbocycles. The van der Waals surface area contributed by atoms with Gasteiger partial charge in [0.05, 0.1) is 17.4 Å². The fourth-order valence-electron chi connectivity index (χ4n) is 2.91. The molecule has 2 aromatic rings. The van der Waals surface area contributed by atoms with Gasteiger partial charge in [-0.1, -0.05) is 25.3 Å². The van der Waals surface area contributed by atoms with E-state index >= 15 is 0 Å². The molecule has 0 spiro atoms. The van der Waals surface area contributed by atoms with Crippen molar-refractivity contribution < 1.29 is 13.6 Å². The van der Waals surface area contributed by atoms with Crippen molar-refractivity contribution in [1.29, 1.82) is 0 Å². The molecular weight excluding hydrogens is 312 g/mol. The Morgan fingerprint density at radius 1 is 1.08 bits per heavy atom. The van der Waals surface area contributed by atoms with Gasteiger partial charge in [0.1, 0.15) is 17.3 Å². The van der Waals surface area contributed by atoms with E-state index in [9.17, 15) is 13.6 Å². The number of anilines is 2. The largest absolute Gasteiger partial charge is 0.349 e. The van der Waals surface area contributed by atoms with Gasteiger partial charge in [-0.3, -0.25) is 9.78 Å². The monoisotopic (exact) mass is 331 g/mol. The minimum atomic E-state index is -0.702. The standard InChI is InChI=1S/C18H19F2N3O/c19-15-7-4-8-16(20)17(15)22-14-9-12(10-21-11-14)18(24)23-13-5-2-1-3-6-13/h4,7-11,13,22H,1-3,5-6H2,(H,23,24). The number of carbonyl (C=O) groups excluding carboxylic acids is 1. The second kappa shape index (κ2) is 7.38. The van der Waals surface area contributed by atoms with Crippen LogP contribution in [-0.4, -0.2) is 16.9 Å². The average molecular weight is 331 g/mol. The number of benzene rings is 1. The van der Waals surface area contributed by atoms with Crippen molar-refractivity contribution in [2.45, 2.75) is 38.1 Å². The van der Waals surface area contributed by atoms with Crippen LogP contribution < -0.4 is 10.6 Å². The van der Waals surface area contributed by atoms with Crippen molar-refractivity contribution in [3.8, 4) is 0 Å². The highest BCUT2D eigenvalue weighted by molar-refractivity contribution is 5.95. The van der Waals surface area contributed by atoms with Crippen LogP contribution in [0, 0.1) is 11.6 Å². The smallest absolute Gasteiger partial charge is 0.253 e. The number of nitrogens with zero attached hydrogens (tertiary/aromatic N) is 1. The van der Waals surface area contributed by atoms with Gasteiger partial charge in [-0.25, -0.2) is 8.78 Å². The maximum absolute atomic E-state index is 13.7. The normalized spacial score (nSPS) is 15.1. The molecule has 0 atom stereocenters. The number of halogens is 2. The van der Waals surface area contributed by atoms with E-state index in [1.165, 1.54) is 43.1 Å². The van der Waals surface area contributed by atoms with Crippen LogP contribution in [0.3, 0.4) is 0 Å². The van der Waals surface area contributed by atoms with Crippen LogP contribution in [0.25, 0.3) is 0 Å². The van der Waals surface area contributed by atoms with Gasteiger partial charge >= 0.3 is 0 Å². The lowest BCUT2D eigenvalue weighted by Crippen LogP contribution is -2.36. The summed E-state index contributed by atoms with van der Waals surface area (Å²) in [6.07, 6.45) is 8.29. The first-order valence-electron chi connectivity index (χ1n) is 8.10. The van der Waals surface area contributed by atoms with Gasteiger partial charge in [-0.2, -0.15) is 0 Å². The Kier molecular flexibility index (Phi) is 5.03. The number of hydrogen-bond donors (Lipinski definition) is 2. The van der Waals surface area contributed by atoms with Crippen LogP contribution in [0.5, 0.6) is 0 Å². The van der Waals surface area contributed by atoms with E-state index in [4.69, 9.17) is 0 Å². The molecule has 1 saturated carbocycles. The molecule has 0 radical (unpaired) electrons. The average Bonchev–Trinajstić information content (AvgIpc) is 2.59. The predicted molar refractivity (Wildman–Crippen MR) is 88.2 cm³/mol. The van der Waals surface area contributed by atoms with Gasteiger partial charge in [0.15, 0.2) is 0 Å². The number of hydrogen-bond acceptors (Lipinski definition) is 3. The third-order valence-corrected chi connectivity index (χ3v) is 4.17. The third kappa shape index (κ3) is 3.88. The molecule has 4 nitrogen and oxygen atoms in total. The number of para-hydroxylation sites is 1. The first-order chi connectivity index (χ1) is 11.6. The van der Waals surface area contributed by atoms with E-state index in [2.05, 4.69) is 15.6 Å². The fraction of sp³-hybridized carbons (Fsp3) is 0.333. The summed E-state index contributed by atoms with van der Waals surface area (Å²) in [6.45, 7) is 0. The molecule has 126 valence electrons. The molecule has 1 heterocycles. The zero-order valence-electron chi connectivity index (χ0n) is 13.2. The third-order valence-electron chi connectivity index (χ3n) is 4.17. The highest BCUT2D eigenvalue weighted by Gasteiger charge is 2.17. The Morgan fingerprint density at radius 2 is 1.79 bits per heavy atom. The van der Waals surface area contributed by atoms with Gasteiger partial charge < -0.3 is 10.6 Å². The number of carbonyl (C=O) groups is 1. The summed E-state index contributed by atoms with van der Waals surface area (Å²) in [6, 6.07) is 5.35. The summed E-state index contributed by atoms with van der Waals surface area (Å²) >= 11 is 0. The number of amides is 1. The maximum Gasteiger partial charge on any atom is 0.253 e. The molecule has 1 aliphatic rings. The van der Waals surface area contributed by atoms with Crippen LogP contribution >= 0.6 is 0 Å². The van der Waals surface area contributed by atoms with Gasteiger partial charge in [0.25, 0.3) is 5.91 Å². The molecular formula is C18H19F2N3O. The van der Waals surface area contributed by atoms with Crippen molar-refractivity contribution in [3.05, 3.63) is 53.9 Å². The Balaban J connectivity index is 1.73. The summed E-state index contributed by atoms with van der Waals surface area (Å²) in [5.74, 6) is -1.62. The second-order valence-electron chi connectivity index (χ2n) is 5.99. The van der Waals surface area contributed by atoms with E-state index in [0.717, 1.165) is 25.7 Å². The molecule has 0 bridgehead atoms. The van der Waals surface area contributed by atoms with Crippen LogP contribution in [0.4, 0.5) is 20.2 Å². The van der Waals surface area contributed by atoms with Crippen LogP contribution in [0.2, 0.25) is 0 Å². The molecule has 0 saturated heterocycles. The van der Waals surface area contributed by atoms with E-state index in [-0.39, 0.29) is 17.6 Å². The Hall–Kier alpha value is -2.50. The zero-order chi connectivity index (χ0) is 16.9. The second-order valence-corrected chi connectivity index (χ2v) is 5.99. The van der Waals surface area contributed by atoms with Crippen LogP contribution in [0.15, 0.2) is 36.7 Å². The Morgan fingerprint density at radius 3 is 2.50 bits per heavy atom. The van der Waals surface area contributed by atoms with Crippen LogP contribution in [-0.2, 0) is 0 Å². The van der Waals surface area contributed by atoms with Gasteiger partial charge in [0, 0.05) is 12.2 Å². The molecule has 24 heavy (non-hydrogen) atoms. The van der Waals surface area contributed by atoms with E-state index in [1.807, 2.05) is 0 Å². The zero-order valence-corrected chi connectivity index (χ0v) is 13.2. The van der Waals surface area contributed by atoms with Crippen molar-refractivity contribution >= 4 is 17.3 Å². The predicted octanol–water partition coefficient (Wildman–Crippen LogP) is 4.17. The fourth-order valence-corrected chi connectivity index (χ4v) is 2.91. The lowest BCUT2D eigenvalue weighted by molar-refractivity contribution is 0.0927. The van der Waals surface area contributed by atoms with Gasteiger partial charge in [-0.05, 0) is 31.0 Å². The Labute approximate surface area is 139 Å². The summed E-state index contributed by atoms with van der Waals surface area (Å²) in [7, 11) is 0. The van der Waals surface area contributed by atoms with Crippen molar-refractivity contribution in [3.63, 3.8) is 0 Å². The molecule has 0 aliphatic heterocycles. The summed E-state index contributed by atoms with van der Waals surface area (Å²) < 4.78 is 27.4. The van der Waals surface area contributed by atoms with Gasteiger partial charge in [-0.15, -0.1) is 0 Å². The molecule has 0 unspecified atom stereocenters. The molecule has 1 aromatic heterocycles. The number of rotatable bonds is 4. The molecule has 1 aliphatic carbocycles. The van der Waals surface area contributed by atoms with Crippen molar-refractivity contribution in [2.75, 3.05) is 5.32 Å². The number of nitrogens with one attached hydrogen (secondary N) is 2. The quantitative estimate of drug-likeness (QED) is 0.884.